The number of hydrogen-bond acceptors (Lipinski definition) is 4. The molecule has 5 rings (SSSR count). The lowest BCUT2D eigenvalue weighted by molar-refractivity contribution is -0.126. The van der Waals surface area contributed by atoms with Gasteiger partial charge in [0.05, 0.1) is 17.4 Å². The predicted octanol–water partition coefficient (Wildman–Crippen LogP) is 4.53. The number of amides is 2. The molecule has 0 unspecified atom stereocenters. The number of nitrogens with zero attached hydrogens (tertiary/aromatic N) is 2. The SMILES string of the molecule is O=C1[C@H]2[C@@H](ON(c3ccccc3)[C@H]2c2ccc(Cl)cc2)C(=O)N1c1ccccc1F. The van der Waals surface area contributed by atoms with Gasteiger partial charge in [0.15, 0.2) is 6.10 Å². The molecular weight excluding hydrogens is 407 g/mol. The Labute approximate surface area is 177 Å². The molecule has 2 aliphatic rings. The highest BCUT2D eigenvalue weighted by molar-refractivity contribution is 6.30. The maximum Gasteiger partial charge on any atom is 0.266 e. The summed E-state index contributed by atoms with van der Waals surface area (Å²) in [4.78, 5) is 33.4. The minimum absolute atomic E-state index is 0.0633. The van der Waals surface area contributed by atoms with Crippen LogP contribution >= 0.6 is 11.6 Å². The van der Waals surface area contributed by atoms with Gasteiger partial charge in [-0.3, -0.25) is 14.4 Å². The molecule has 0 spiro atoms. The summed E-state index contributed by atoms with van der Waals surface area (Å²) in [5.41, 5.74) is 1.42. The third-order valence-corrected chi connectivity index (χ3v) is 5.68. The number of halogens is 2. The van der Waals surface area contributed by atoms with Gasteiger partial charge in [-0.2, -0.15) is 0 Å². The minimum Gasteiger partial charge on any atom is -0.273 e. The van der Waals surface area contributed by atoms with Crippen LogP contribution in [-0.2, 0) is 14.4 Å². The number of rotatable bonds is 3. The number of carbonyl (C=O) groups excluding carboxylic acids is 2. The Hall–Kier alpha value is -3.22. The van der Waals surface area contributed by atoms with Crippen molar-refractivity contribution in [3.05, 3.63) is 95.3 Å². The third-order valence-electron chi connectivity index (χ3n) is 5.43. The molecule has 0 aliphatic carbocycles. The average molecular weight is 423 g/mol. The second-order valence-corrected chi connectivity index (χ2v) is 7.61. The maximum absolute atomic E-state index is 14.4. The number of fused-ring (bicyclic) bond motifs is 1. The summed E-state index contributed by atoms with van der Waals surface area (Å²) in [7, 11) is 0. The van der Waals surface area contributed by atoms with E-state index in [4.69, 9.17) is 16.4 Å². The van der Waals surface area contributed by atoms with Gasteiger partial charge in [0.1, 0.15) is 11.7 Å². The van der Waals surface area contributed by atoms with E-state index in [0.717, 1.165) is 10.5 Å². The molecule has 3 aromatic carbocycles. The van der Waals surface area contributed by atoms with E-state index in [2.05, 4.69) is 0 Å². The van der Waals surface area contributed by atoms with Gasteiger partial charge >= 0.3 is 0 Å². The van der Waals surface area contributed by atoms with Crippen molar-refractivity contribution in [2.24, 2.45) is 5.92 Å². The zero-order valence-corrected chi connectivity index (χ0v) is 16.4. The van der Waals surface area contributed by atoms with E-state index in [-0.39, 0.29) is 5.69 Å². The van der Waals surface area contributed by atoms with Crippen LogP contribution in [0.5, 0.6) is 0 Å². The lowest BCUT2D eigenvalue weighted by atomic mass is 9.90. The van der Waals surface area contributed by atoms with E-state index < -0.39 is 35.7 Å². The van der Waals surface area contributed by atoms with Crippen LogP contribution in [0.15, 0.2) is 78.9 Å². The van der Waals surface area contributed by atoms with Crippen LogP contribution in [0, 0.1) is 11.7 Å². The summed E-state index contributed by atoms with van der Waals surface area (Å²) in [5.74, 6) is -2.53. The third kappa shape index (κ3) is 2.88. The van der Waals surface area contributed by atoms with Gasteiger partial charge in [-0.1, -0.05) is 54.1 Å². The van der Waals surface area contributed by atoms with Crippen LogP contribution in [0.4, 0.5) is 15.8 Å². The fourth-order valence-electron chi connectivity index (χ4n) is 4.08. The summed E-state index contributed by atoms with van der Waals surface area (Å²) in [6.45, 7) is 0. The number of carbonyl (C=O) groups is 2. The lowest BCUT2D eigenvalue weighted by Gasteiger charge is -2.28. The van der Waals surface area contributed by atoms with Crippen molar-refractivity contribution in [3.63, 3.8) is 0 Å². The molecule has 0 N–H and O–H groups in total. The first kappa shape index (κ1) is 18.8. The van der Waals surface area contributed by atoms with Gasteiger partial charge in [-0.05, 0) is 42.0 Å². The van der Waals surface area contributed by atoms with Crippen molar-refractivity contribution >= 4 is 34.8 Å². The van der Waals surface area contributed by atoms with Gasteiger partial charge in [0.25, 0.3) is 5.91 Å². The fraction of sp³-hybridized carbons (Fsp3) is 0.130. The molecule has 2 aliphatic heterocycles. The van der Waals surface area contributed by atoms with Crippen molar-refractivity contribution in [2.75, 3.05) is 9.96 Å². The Balaban J connectivity index is 1.60. The van der Waals surface area contributed by atoms with E-state index in [1.165, 1.54) is 18.2 Å². The largest absolute Gasteiger partial charge is 0.273 e. The van der Waals surface area contributed by atoms with E-state index in [1.807, 2.05) is 30.3 Å². The Morgan fingerprint density at radius 1 is 0.833 bits per heavy atom. The Morgan fingerprint density at radius 3 is 2.20 bits per heavy atom. The normalized spacial score (nSPS) is 23.2. The van der Waals surface area contributed by atoms with E-state index >= 15 is 0 Å². The van der Waals surface area contributed by atoms with Gasteiger partial charge in [0, 0.05) is 5.02 Å². The number of imide groups is 1. The monoisotopic (exact) mass is 422 g/mol. The molecule has 150 valence electrons. The minimum atomic E-state index is -1.04. The van der Waals surface area contributed by atoms with E-state index in [0.29, 0.717) is 10.7 Å². The molecule has 2 amide bonds. The summed E-state index contributed by atoms with van der Waals surface area (Å²) in [5, 5.41) is 2.15. The zero-order chi connectivity index (χ0) is 20.8. The second-order valence-electron chi connectivity index (χ2n) is 7.17. The number of benzene rings is 3. The molecule has 2 saturated heterocycles. The first-order chi connectivity index (χ1) is 14.6. The van der Waals surface area contributed by atoms with E-state index in [9.17, 15) is 14.0 Å². The average Bonchev–Trinajstić information content (AvgIpc) is 3.26. The highest BCUT2D eigenvalue weighted by Gasteiger charge is 2.60. The predicted molar refractivity (Wildman–Crippen MR) is 110 cm³/mol. The highest BCUT2D eigenvalue weighted by Crippen LogP contribution is 2.47. The molecule has 7 heteroatoms. The van der Waals surface area contributed by atoms with Crippen molar-refractivity contribution in [2.45, 2.75) is 12.1 Å². The van der Waals surface area contributed by atoms with Crippen LogP contribution in [0.1, 0.15) is 11.6 Å². The molecule has 30 heavy (non-hydrogen) atoms. The second kappa shape index (κ2) is 7.23. The number of hydroxylamine groups is 1. The highest BCUT2D eigenvalue weighted by atomic mass is 35.5. The standard InChI is InChI=1S/C23H16ClFN2O3/c24-15-12-10-14(11-13-15)20-19-21(30-27(20)16-6-2-1-3-7-16)23(29)26(22(19)28)18-9-5-4-8-17(18)25/h1-13,19-21H/t19-,20+,21-/m1/s1. The molecule has 5 nitrogen and oxygen atoms in total. The first-order valence-electron chi connectivity index (χ1n) is 9.45. The first-order valence-corrected chi connectivity index (χ1v) is 9.83. The Kier molecular flexibility index (Phi) is 4.53. The zero-order valence-electron chi connectivity index (χ0n) is 15.6. The van der Waals surface area contributed by atoms with Crippen molar-refractivity contribution in [1.82, 2.24) is 0 Å². The van der Waals surface area contributed by atoms with Crippen LogP contribution in [0.25, 0.3) is 0 Å². The number of anilines is 2. The number of hydrogen-bond donors (Lipinski definition) is 0. The van der Waals surface area contributed by atoms with Crippen LogP contribution in [-0.4, -0.2) is 17.9 Å². The molecule has 3 aromatic rings. The topological polar surface area (TPSA) is 49.9 Å². The maximum atomic E-state index is 14.4. The van der Waals surface area contributed by atoms with Crippen molar-refractivity contribution in [3.8, 4) is 0 Å². The molecule has 0 bridgehead atoms. The molecule has 0 aromatic heterocycles. The number of para-hydroxylation sites is 2. The lowest BCUT2D eigenvalue weighted by Crippen LogP contribution is -2.37. The van der Waals surface area contributed by atoms with Crippen LogP contribution < -0.4 is 9.96 Å². The summed E-state index contributed by atoms with van der Waals surface area (Å²) in [6, 6.07) is 21.5. The van der Waals surface area contributed by atoms with Gasteiger partial charge in [-0.25, -0.2) is 14.4 Å². The molecule has 0 saturated carbocycles. The molecule has 2 fully saturated rings. The Morgan fingerprint density at radius 2 is 1.50 bits per heavy atom. The molecule has 2 heterocycles. The smallest absolute Gasteiger partial charge is 0.266 e. The van der Waals surface area contributed by atoms with Crippen molar-refractivity contribution in [1.29, 1.82) is 0 Å². The van der Waals surface area contributed by atoms with E-state index in [1.54, 1.807) is 35.4 Å². The van der Waals surface area contributed by atoms with Gasteiger partial charge < -0.3 is 0 Å². The summed E-state index contributed by atoms with van der Waals surface area (Å²) in [6.07, 6.45) is -1.04. The Bertz CT molecular complexity index is 1120. The fourth-order valence-corrected chi connectivity index (χ4v) is 4.21. The summed E-state index contributed by atoms with van der Waals surface area (Å²) >= 11 is 6.04. The summed E-state index contributed by atoms with van der Waals surface area (Å²) < 4.78 is 14.4. The van der Waals surface area contributed by atoms with Crippen LogP contribution in [0.2, 0.25) is 5.02 Å². The quantitative estimate of drug-likeness (QED) is 0.582. The van der Waals surface area contributed by atoms with Crippen LogP contribution in [0.3, 0.4) is 0 Å². The molecular formula is C23H16ClFN2O3. The van der Waals surface area contributed by atoms with Gasteiger partial charge in [0.2, 0.25) is 5.91 Å². The molecule has 0 radical (unpaired) electrons. The van der Waals surface area contributed by atoms with Gasteiger partial charge in [-0.15, -0.1) is 0 Å². The van der Waals surface area contributed by atoms with Crippen molar-refractivity contribution < 1.29 is 18.8 Å². The molecule has 3 atom stereocenters.